The van der Waals surface area contributed by atoms with Crippen LogP contribution in [0.2, 0.25) is 0 Å². The molecule has 152 valence electrons. The molecule has 9 nitrogen and oxygen atoms in total. The lowest BCUT2D eigenvalue weighted by Crippen LogP contribution is -2.43. The van der Waals surface area contributed by atoms with E-state index in [1.54, 1.807) is 13.1 Å². The minimum Gasteiger partial charge on any atom is -0.462 e. The average molecular weight is 389 g/mol. The lowest BCUT2D eigenvalue weighted by Gasteiger charge is -2.33. The first-order valence-corrected chi connectivity index (χ1v) is 9.65. The van der Waals surface area contributed by atoms with Crippen LogP contribution in [0.3, 0.4) is 0 Å². The van der Waals surface area contributed by atoms with Gasteiger partial charge in [-0.2, -0.15) is 5.10 Å². The molecular weight excluding hydrogens is 362 g/mol. The van der Waals surface area contributed by atoms with Crippen LogP contribution in [-0.4, -0.2) is 71.4 Å². The Morgan fingerprint density at radius 3 is 2.71 bits per heavy atom. The number of carbonyl (C=O) groups is 2. The van der Waals surface area contributed by atoms with Crippen LogP contribution in [0.1, 0.15) is 42.7 Å². The number of piperidine rings is 1. The Hall–Kier alpha value is -2.68. The summed E-state index contributed by atoms with van der Waals surface area (Å²) in [7, 11) is 1.52. The van der Waals surface area contributed by atoms with Gasteiger partial charge in [-0.15, -0.1) is 0 Å². The summed E-state index contributed by atoms with van der Waals surface area (Å²) < 4.78 is 10.2. The van der Waals surface area contributed by atoms with Crippen molar-refractivity contribution in [1.29, 1.82) is 0 Å². The van der Waals surface area contributed by atoms with E-state index >= 15 is 0 Å². The molecular formula is C19H27N5O4. The van der Waals surface area contributed by atoms with Crippen LogP contribution >= 0.6 is 0 Å². The smallest absolute Gasteiger partial charge is 0.342 e. The third-order valence-corrected chi connectivity index (χ3v) is 4.95. The number of anilines is 1. The van der Waals surface area contributed by atoms with E-state index in [2.05, 4.69) is 20.5 Å². The van der Waals surface area contributed by atoms with Gasteiger partial charge >= 0.3 is 5.97 Å². The predicted octanol–water partition coefficient (Wildman–Crippen LogP) is 1.75. The van der Waals surface area contributed by atoms with Crippen molar-refractivity contribution in [3.8, 4) is 0 Å². The standard InChI is InChI=1S/C19H27N5O4/c1-4-14-16(19(26)28-5-2)17(13-10-20-23-18(13)22-14)21-12-6-8-24(9-7-12)15(25)11-27-3/h10,12H,4-9,11H2,1-3H3,(H2,20,21,22,23). The Kier molecular flexibility index (Phi) is 6.45. The average Bonchev–Trinajstić information content (AvgIpc) is 3.17. The summed E-state index contributed by atoms with van der Waals surface area (Å²) >= 11 is 0. The summed E-state index contributed by atoms with van der Waals surface area (Å²) in [6.45, 7) is 5.43. The minimum atomic E-state index is -0.384. The van der Waals surface area contributed by atoms with Crippen LogP contribution in [0.5, 0.6) is 0 Å². The number of aromatic amines is 1. The van der Waals surface area contributed by atoms with Crippen LogP contribution in [-0.2, 0) is 20.7 Å². The highest BCUT2D eigenvalue weighted by molar-refractivity contribution is 6.05. The molecule has 2 aromatic rings. The lowest BCUT2D eigenvalue weighted by molar-refractivity contribution is -0.136. The highest BCUT2D eigenvalue weighted by Gasteiger charge is 2.27. The molecule has 3 rings (SSSR count). The van der Waals surface area contributed by atoms with Crippen molar-refractivity contribution in [2.24, 2.45) is 0 Å². The van der Waals surface area contributed by atoms with Gasteiger partial charge in [-0.05, 0) is 26.2 Å². The Balaban J connectivity index is 1.86. The number of likely N-dealkylation sites (tertiary alicyclic amines) is 1. The van der Waals surface area contributed by atoms with Crippen LogP contribution in [0.15, 0.2) is 6.20 Å². The van der Waals surface area contributed by atoms with Gasteiger partial charge in [0.15, 0.2) is 5.65 Å². The Morgan fingerprint density at radius 2 is 2.07 bits per heavy atom. The van der Waals surface area contributed by atoms with Gasteiger partial charge in [-0.1, -0.05) is 6.92 Å². The third-order valence-electron chi connectivity index (χ3n) is 4.95. The molecule has 0 atom stereocenters. The van der Waals surface area contributed by atoms with Crippen molar-refractivity contribution < 1.29 is 19.1 Å². The van der Waals surface area contributed by atoms with Gasteiger partial charge in [0.05, 0.1) is 29.6 Å². The van der Waals surface area contributed by atoms with E-state index in [9.17, 15) is 9.59 Å². The zero-order valence-electron chi connectivity index (χ0n) is 16.6. The number of nitrogens with zero attached hydrogens (tertiary/aromatic N) is 3. The number of nitrogens with one attached hydrogen (secondary N) is 2. The van der Waals surface area contributed by atoms with Crippen LogP contribution < -0.4 is 5.32 Å². The maximum absolute atomic E-state index is 12.7. The molecule has 0 saturated carbocycles. The number of H-pyrrole nitrogens is 1. The molecule has 0 bridgehead atoms. The highest BCUT2D eigenvalue weighted by Crippen LogP contribution is 2.31. The number of fused-ring (bicyclic) bond motifs is 1. The summed E-state index contributed by atoms with van der Waals surface area (Å²) in [6.07, 6.45) is 3.83. The van der Waals surface area contributed by atoms with Crippen molar-refractivity contribution in [3.05, 3.63) is 17.5 Å². The molecule has 9 heteroatoms. The van der Waals surface area contributed by atoms with Gasteiger partial charge in [0.25, 0.3) is 0 Å². The number of carbonyl (C=O) groups excluding carboxylic acids is 2. The lowest BCUT2D eigenvalue weighted by atomic mass is 10.0. The van der Waals surface area contributed by atoms with E-state index in [1.807, 2.05) is 11.8 Å². The molecule has 0 radical (unpaired) electrons. The fourth-order valence-corrected chi connectivity index (χ4v) is 3.54. The zero-order chi connectivity index (χ0) is 20.1. The van der Waals surface area contributed by atoms with Gasteiger partial charge in [0.1, 0.15) is 12.2 Å². The molecule has 0 spiro atoms. The highest BCUT2D eigenvalue weighted by atomic mass is 16.5. The number of aryl methyl sites for hydroxylation is 1. The largest absolute Gasteiger partial charge is 0.462 e. The maximum atomic E-state index is 12.7. The predicted molar refractivity (Wildman–Crippen MR) is 104 cm³/mol. The number of aromatic nitrogens is 3. The van der Waals surface area contributed by atoms with E-state index in [0.29, 0.717) is 48.7 Å². The number of rotatable bonds is 7. The summed E-state index contributed by atoms with van der Waals surface area (Å²) in [5.74, 6) is -0.382. The number of pyridine rings is 1. The van der Waals surface area contributed by atoms with Gasteiger partial charge in [-0.25, -0.2) is 9.78 Å². The quantitative estimate of drug-likeness (QED) is 0.694. The number of esters is 1. The van der Waals surface area contributed by atoms with Gasteiger partial charge in [-0.3, -0.25) is 9.89 Å². The van der Waals surface area contributed by atoms with Crippen LogP contribution in [0, 0.1) is 0 Å². The van der Waals surface area contributed by atoms with Gasteiger partial charge in [0.2, 0.25) is 5.91 Å². The van der Waals surface area contributed by atoms with Crippen molar-refractivity contribution in [2.45, 2.75) is 39.2 Å². The molecule has 1 amide bonds. The normalized spacial score (nSPS) is 15.0. The second-order valence-corrected chi connectivity index (χ2v) is 6.75. The molecule has 2 N–H and O–H groups in total. The van der Waals surface area contributed by atoms with Crippen LogP contribution in [0.4, 0.5) is 5.69 Å². The molecule has 28 heavy (non-hydrogen) atoms. The number of methoxy groups -OCH3 is 1. The van der Waals surface area contributed by atoms with E-state index < -0.39 is 0 Å². The second kappa shape index (κ2) is 9.01. The molecule has 1 fully saturated rings. The fourth-order valence-electron chi connectivity index (χ4n) is 3.54. The summed E-state index contributed by atoms with van der Waals surface area (Å²) in [6, 6.07) is 0.130. The second-order valence-electron chi connectivity index (χ2n) is 6.75. The number of amides is 1. The Labute approximate surface area is 163 Å². The van der Waals surface area contributed by atoms with Crippen molar-refractivity contribution in [3.63, 3.8) is 0 Å². The molecule has 0 aromatic carbocycles. The Morgan fingerprint density at radius 1 is 1.32 bits per heavy atom. The van der Waals surface area contributed by atoms with E-state index in [1.165, 1.54) is 7.11 Å². The third kappa shape index (κ3) is 4.09. The van der Waals surface area contributed by atoms with Gasteiger partial charge in [0, 0.05) is 26.2 Å². The molecule has 1 aliphatic rings. The van der Waals surface area contributed by atoms with Crippen molar-refractivity contribution in [1.82, 2.24) is 20.1 Å². The molecule has 0 aliphatic carbocycles. The first-order chi connectivity index (χ1) is 13.6. The van der Waals surface area contributed by atoms with E-state index in [-0.39, 0.29) is 24.5 Å². The zero-order valence-corrected chi connectivity index (χ0v) is 16.6. The van der Waals surface area contributed by atoms with E-state index in [4.69, 9.17) is 9.47 Å². The number of hydrogen-bond acceptors (Lipinski definition) is 7. The van der Waals surface area contributed by atoms with E-state index in [0.717, 1.165) is 18.2 Å². The Bertz CT molecular complexity index is 842. The first-order valence-electron chi connectivity index (χ1n) is 9.65. The maximum Gasteiger partial charge on any atom is 0.342 e. The molecule has 3 heterocycles. The van der Waals surface area contributed by atoms with Crippen molar-refractivity contribution >= 4 is 28.6 Å². The molecule has 1 saturated heterocycles. The topological polar surface area (TPSA) is 109 Å². The van der Waals surface area contributed by atoms with Crippen LogP contribution in [0.25, 0.3) is 11.0 Å². The molecule has 1 aliphatic heterocycles. The fraction of sp³-hybridized carbons (Fsp3) is 0.579. The summed E-state index contributed by atoms with van der Waals surface area (Å²) in [5.41, 5.74) is 2.48. The first kappa shape index (κ1) is 20.1. The van der Waals surface area contributed by atoms with Crippen molar-refractivity contribution in [2.75, 3.05) is 38.7 Å². The van der Waals surface area contributed by atoms with Gasteiger partial charge < -0.3 is 19.7 Å². The minimum absolute atomic E-state index is 0.00238. The number of hydrogen-bond donors (Lipinski definition) is 2. The number of ether oxygens (including phenoxy) is 2. The molecule has 0 unspecified atom stereocenters. The monoisotopic (exact) mass is 389 g/mol. The molecule has 2 aromatic heterocycles. The summed E-state index contributed by atoms with van der Waals surface area (Å²) in [4.78, 5) is 31.0. The summed E-state index contributed by atoms with van der Waals surface area (Å²) in [5, 5.41) is 11.2. The SMILES string of the molecule is CCOC(=O)c1c(CC)nc2[nH]ncc2c1NC1CCN(C(=O)COC)CC1.